The molecular formula is C12H14BrNOS. The van der Waals surface area contributed by atoms with Gasteiger partial charge in [-0.2, -0.15) is 0 Å². The molecule has 1 amide bonds. The Bertz CT molecular complexity index is 445. The number of thioether (sulfide) groups is 1. The molecule has 0 aliphatic carbocycles. The molecule has 2 rings (SSSR count). The smallest absolute Gasteiger partial charge is 0.223 e. The summed E-state index contributed by atoms with van der Waals surface area (Å²) in [7, 11) is 0. The van der Waals surface area contributed by atoms with Gasteiger partial charge in [0.05, 0.1) is 5.69 Å². The lowest BCUT2D eigenvalue weighted by molar-refractivity contribution is -0.116. The van der Waals surface area contributed by atoms with Gasteiger partial charge in [0, 0.05) is 27.6 Å². The van der Waals surface area contributed by atoms with Gasteiger partial charge in [0.1, 0.15) is 0 Å². The third-order valence-electron chi connectivity index (χ3n) is 2.52. The summed E-state index contributed by atoms with van der Waals surface area (Å²) in [6, 6.07) is 6.10. The highest BCUT2D eigenvalue weighted by molar-refractivity contribution is 9.10. The van der Waals surface area contributed by atoms with Gasteiger partial charge >= 0.3 is 0 Å². The topological polar surface area (TPSA) is 20.3 Å². The van der Waals surface area contributed by atoms with Gasteiger partial charge in [-0.1, -0.05) is 15.9 Å². The summed E-state index contributed by atoms with van der Waals surface area (Å²) in [4.78, 5) is 14.7. The Labute approximate surface area is 109 Å². The van der Waals surface area contributed by atoms with E-state index in [0.717, 1.165) is 16.7 Å². The van der Waals surface area contributed by atoms with E-state index in [1.54, 1.807) is 6.92 Å². The lowest BCUT2D eigenvalue weighted by Gasteiger charge is -2.38. The largest absolute Gasteiger partial charge is 0.310 e. The number of halogens is 1. The predicted molar refractivity (Wildman–Crippen MR) is 72.1 cm³/mol. The number of rotatable bonds is 0. The molecule has 0 saturated carbocycles. The molecule has 1 aliphatic heterocycles. The average molecular weight is 300 g/mol. The summed E-state index contributed by atoms with van der Waals surface area (Å²) < 4.78 is 1.09. The lowest BCUT2D eigenvalue weighted by Crippen LogP contribution is -2.42. The van der Waals surface area contributed by atoms with E-state index in [-0.39, 0.29) is 10.7 Å². The van der Waals surface area contributed by atoms with Crippen LogP contribution in [0.5, 0.6) is 0 Å². The van der Waals surface area contributed by atoms with E-state index in [1.165, 1.54) is 4.90 Å². The Morgan fingerprint density at radius 3 is 2.81 bits per heavy atom. The number of carbonyl (C=O) groups is 1. The summed E-state index contributed by atoms with van der Waals surface area (Å²) in [5.74, 6) is 0.104. The Kier molecular flexibility index (Phi) is 3.05. The van der Waals surface area contributed by atoms with Crippen LogP contribution < -0.4 is 4.90 Å². The summed E-state index contributed by atoms with van der Waals surface area (Å²) >= 11 is 5.28. The fourth-order valence-corrected chi connectivity index (χ4v) is 3.41. The van der Waals surface area contributed by atoms with Gasteiger partial charge in [0.15, 0.2) is 0 Å². The maximum absolute atomic E-state index is 11.7. The van der Waals surface area contributed by atoms with Crippen LogP contribution in [0.25, 0.3) is 0 Å². The van der Waals surface area contributed by atoms with Crippen molar-refractivity contribution in [3.05, 3.63) is 22.7 Å². The predicted octanol–water partition coefficient (Wildman–Crippen LogP) is 3.69. The van der Waals surface area contributed by atoms with Crippen LogP contribution >= 0.6 is 27.7 Å². The van der Waals surface area contributed by atoms with Crippen LogP contribution in [-0.2, 0) is 4.79 Å². The summed E-state index contributed by atoms with van der Waals surface area (Å²) in [5.41, 5.74) is 1.02. The highest BCUT2D eigenvalue weighted by Crippen LogP contribution is 2.45. The summed E-state index contributed by atoms with van der Waals surface area (Å²) in [5, 5.41) is 0. The standard InChI is InChI=1S/C12H14BrNOS/c1-8(15)14-7-12(2,3)16-11-5-4-9(13)6-10(11)14/h4-6H,7H2,1-3H3. The van der Waals surface area contributed by atoms with Gasteiger partial charge in [0.2, 0.25) is 5.91 Å². The Morgan fingerprint density at radius 1 is 1.50 bits per heavy atom. The first-order valence-electron chi connectivity index (χ1n) is 5.16. The molecule has 0 atom stereocenters. The van der Waals surface area contributed by atoms with Crippen molar-refractivity contribution in [2.75, 3.05) is 11.4 Å². The minimum absolute atomic E-state index is 0.0759. The molecule has 0 spiro atoms. The number of carbonyl (C=O) groups excluding carboxylic acids is 1. The van der Waals surface area contributed by atoms with Gasteiger partial charge in [-0.25, -0.2) is 0 Å². The number of amides is 1. The van der Waals surface area contributed by atoms with E-state index >= 15 is 0 Å². The van der Waals surface area contributed by atoms with Crippen molar-refractivity contribution in [1.29, 1.82) is 0 Å². The zero-order valence-corrected chi connectivity index (χ0v) is 12.0. The molecule has 86 valence electrons. The number of anilines is 1. The Morgan fingerprint density at radius 2 is 2.19 bits per heavy atom. The van der Waals surface area contributed by atoms with Gasteiger partial charge < -0.3 is 4.90 Å². The van der Waals surface area contributed by atoms with Gasteiger partial charge in [0.25, 0.3) is 0 Å². The van der Waals surface area contributed by atoms with Crippen molar-refractivity contribution in [3.8, 4) is 0 Å². The fourth-order valence-electron chi connectivity index (χ4n) is 1.86. The van der Waals surface area contributed by atoms with E-state index in [0.29, 0.717) is 0 Å². The van der Waals surface area contributed by atoms with Gasteiger partial charge in [-0.3, -0.25) is 4.79 Å². The molecule has 1 aliphatic rings. The van der Waals surface area contributed by atoms with Crippen molar-refractivity contribution in [1.82, 2.24) is 0 Å². The van der Waals surface area contributed by atoms with Crippen LogP contribution in [0.15, 0.2) is 27.6 Å². The molecule has 0 N–H and O–H groups in total. The minimum Gasteiger partial charge on any atom is -0.310 e. The maximum Gasteiger partial charge on any atom is 0.223 e. The van der Waals surface area contributed by atoms with Crippen LogP contribution in [0.4, 0.5) is 5.69 Å². The van der Waals surface area contributed by atoms with E-state index in [9.17, 15) is 4.79 Å². The molecule has 0 aromatic heterocycles. The zero-order valence-electron chi connectivity index (χ0n) is 9.58. The van der Waals surface area contributed by atoms with Crippen molar-refractivity contribution < 1.29 is 4.79 Å². The molecule has 16 heavy (non-hydrogen) atoms. The molecule has 0 unspecified atom stereocenters. The second kappa shape index (κ2) is 4.08. The first-order valence-corrected chi connectivity index (χ1v) is 6.77. The first-order chi connectivity index (χ1) is 7.39. The van der Waals surface area contributed by atoms with Crippen LogP contribution in [0.3, 0.4) is 0 Å². The van der Waals surface area contributed by atoms with E-state index in [2.05, 4.69) is 35.8 Å². The number of benzene rings is 1. The molecule has 0 saturated heterocycles. The molecular weight excluding hydrogens is 286 g/mol. The quantitative estimate of drug-likeness (QED) is 0.728. The average Bonchev–Trinajstić information content (AvgIpc) is 2.16. The molecule has 0 fully saturated rings. The molecule has 1 heterocycles. The van der Waals surface area contributed by atoms with Crippen molar-refractivity contribution in [2.45, 2.75) is 30.4 Å². The number of hydrogen-bond acceptors (Lipinski definition) is 2. The third-order valence-corrected chi connectivity index (χ3v) is 4.26. The Balaban J connectivity index is 2.51. The van der Waals surface area contributed by atoms with E-state index in [1.807, 2.05) is 28.8 Å². The van der Waals surface area contributed by atoms with E-state index in [4.69, 9.17) is 0 Å². The van der Waals surface area contributed by atoms with Gasteiger partial charge in [-0.05, 0) is 32.0 Å². The molecule has 1 aromatic rings. The second-order valence-electron chi connectivity index (χ2n) is 4.58. The van der Waals surface area contributed by atoms with Crippen LogP contribution in [0.1, 0.15) is 20.8 Å². The van der Waals surface area contributed by atoms with Crippen LogP contribution in [0, 0.1) is 0 Å². The van der Waals surface area contributed by atoms with Crippen LogP contribution in [0.2, 0.25) is 0 Å². The van der Waals surface area contributed by atoms with Gasteiger partial charge in [-0.15, -0.1) is 11.8 Å². The SMILES string of the molecule is CC(=O)N1CC(C)(C)Sc2ccc(Br)cc21. The molecule has 2 nitrogen and oxygen atoms in total. The highest BCUT2D eigenvalue weighted by Gasteiger charge is 2.32. The van der Waals surface area contributed by atoms with Crippen molar-refractivity contribution in [2.24, 2.45) is 0 Å². The normalized spacial score (nSPS) is 18.1. The Hall–Kier alpha value is -0.480. The van der Waals surface area contributed by atoms with E-state index < -0.39 is 0 Å². The monoisotopic (exact) mass is 299 g/mol. The molecule has 1 aromatic carbocycles. The molecule has 0 radical (unpaired) electrons. The maximum atomic E-state index is 11.7. The van der Waals surface area contributed by atoms with Crippen molar-refractivity contribution >= 4 is 39.3 Å². The minimum atomic E-state index is 0.0759. The molecule has 0 bridgehead atoms. The molecule has 4 heteroatoms. The lowest BCUT2D eigenvalue weighted by atomic mass is 10.1. The fraction of sp³-hybridized carbons (Fsp3) is 0.417. The first kappa shape index (κ1) is 12.0. The zero-order chi connectivity index (χ0) is 11.9. The number of nitrogens with zero attached hydrogens (tertiary/aromatic N) is 1. The van der Waals surface area contributed by atoms with Crippen LogP contribution in [-0.4, -0.2) is 17.2 Å². The highest BCUT2D eigenvalue weighted by atomic mass is 79.9. The summed E-state index contributed by atoms with van der Waals surface area (Å²) in [6.45, 7) is 6.71. The summed E-state index contributed by atoms with van der Waals surface area (Å²) in [6.07, 6.45) is 0. The third kappa shape index (κ3) is 2.28. The second-order valence-corrected chi connectivity index (χ2v) is 7.24. The number of fused-ring (bicyclic) bond motifs is 1. The van der Waals surface area contributed by atoms with Crippen molar-refractivity contribution in [3.63, 3.8) is 0 Å². The number of hydrogen-bond donors (Lipinski definition) is 0.